The van der Waals surface area contributed by atoms with Gasteiger partial charge >= 0.3 is 0 Å². The minimum Gasteiger partial charge on any atom is -0.359 e. The second-order valence-electron chi connectivity index (χ2n) is 4.48. The largest absolute Gasteiger partial charge is 0.359 e. The molecule has 0 aromatic rings. The quantitative estimate of drug-likeness (QED) is 0.349. The Hall–Kier alpha value is -0.0400. The van der Waals surface area contributed by atoms with Gasteiger partial charge in [-0.1, -0.05) is 6.42 Å². The van der Waals surface area contributed by atoms with Crippen molar-refractivity contribution in [1.29, 1.82) is 0 Å². The van der Waals surface area contributed by atoms with E-state index in [0.717, 1.165) is 18.5 Å². The first-order valence-corrected chi connectivity index (χ1v) is 6.40. The van der Waals surface area contributed by atoms with E-state index in [1.165, 1.54) is 38.8 Å². The molecule has 2 N–H and O–H groups in total. The molecule has 1 fully saturated rings. The summed E-state index contributed by atoms with van der Waals surface area (Å²) in [7, 11) is 3.69. The third-order valence-corrected chi connectivity index (χ3v) is 3.32. The first kappa shape index (κ1) is 17.0. The fourth-order valence-electron chi connectivity index (χ4n) is 2.26. The van der Waals surface area contributed by atoms with Crippen LogP contribution < -0.4 is 10.6 Å². The molecule has 0 aromatic heterocycles. The number of nitrogens with one attached hydrogen (secondary N) is 2. The molecule has 0 radical (unpaired) electrons. The molecule has 0 spiro atoms. The van der Waals surface area contributed by atoms with Gasteiger partial charge in [-0.25, -0.2) is 0 Å². The molecule has 5 heteroatoms. The Labute approximate surface area is 123 Å². The first-order chi connectivity index (χ1) is 7.77. The Kier molecular flexibility index (Phi) is 9.91. The highest BCUT2D eigenvalue weighted by Gasteiger charge is 2.16. The van der Waals surface area contributed by atoms with Gasteiger partial charge in [-0.2, -0.15) is 0 Å². The van der Waals surface area contributed by atoms with Crippen molar-refractivity contribution in [3.8, 4) is 0 Å². The molecule has 0 saturated carbocycles. The van der Waals surface area contributed by atoms with Gasteiger partial charge in [0.05, 0.1) is 0 Å². The molecule has 1 aliphatic heterocycles. The minimum atomic E-state index is 0. The molecule has 0 bridgehead atoms. The number of aliphatic imine (C=N–C) groups is 1. The highest BCUT2D eigenvalue weighted by Crippen LogP contribution is 2.15. The topological polar surface area (TPSA) is 39.7 Å². The van der Waals surface area contributed by atoms with E-state index in [9.17, 15) is 0 Å². The third kappa shape index (κ3) is 6.45. The Morgan fingerprint density at radius 1 is 1.41 bits per heavy atom. The van der Waals surface area contributed by atoms with Crippen LogP contribution in [0.15, 0.2) is 4.99 Å². The number of rotatable bonds is 4. The molecule has 0 aromatic carbocycles. The van der Waals surface area contributed by atoms with E-state index in [1.807, 2.05) is 7.05 Å². The molecule has 0 aliphatic carbocycles. The molecular formula is C12H27IN4. The second-order valence-corrected chi connectivity index (χ2v) is 4.48. The summed E-state index contributed by atoms with van der Waals surface area (Å²) < 4.78 is 0. The number of halogens is 1. The van der Waals surface area contributed by atoms with Crippen molar-refractivity contribution < 1.29 is 0 Å². The van der Waals surface area contributed by atoms with E-state index < -0.39 is 0 Å². The normalized spacial score (nSPS) is 21.8. The van der Waals surface area contributed by atoms with E-state index in [4.69, 9.17) is 0 Å². The zero-order valence-corrected chi connectivity index (χ0v) is 13.7. The lowest BCUT2D eigenvalue weighted by Gasteiger charge is -2.33. The van der Waals surface area contributed by atoms with Crippen LogP contribution in [0, 0.1) is 0 Å². The van der Waals surface area contributed by atoms with E-state index in [-0.39, 0.29) is 24.0 Å². The van der Waals surface area contributed by atoms with Crippen LogP contribution in [-0.2, 0) is 0 Å². The maximum Gasteiger partial charge on any atom is 0.190 e. The van der Waals surface area contributed by atoms with E-state index >= 15 is 0 Å². The maximum atomic E-state index is 4.09. The molecular weight excluding hydrogens is 327 g/mol. The van der Waals surface area contributed by atoms with E-state index in [1.54, 1.807) is 7.05 Å². The molecule has 4 nitrogen and oxygen atoms in total. The first-order valence-electron chi connectivity index (χ1n) is 6.40. The molecule has 0 amide bonds. The lowest BCUT2D eigenvalue weighted by Crippen LogP contribution is -2.40. The maximum absolute atomic E-state index is 4.09. The van der Waals surface area contributed by atoms with Crippen LogP contribution in [0.25, 0.3) is 0 Å². The van der Waals surface area contributed by atoms with E-state index in [2.05, 4.69) is 27.4 Å². The fourth-order valence-corrected chi connectivity index (χ4v) is 2.26. The average molecular weight is 354 g/mol. The highest BCUT2D eigenvalue weighted by atomic mass is 127. The van der Waals surface area contributed by atoms with Crippen molar-refractivity contribution in [3.05, 3.63) is 0 Å². The average Bonchev–Trinajstić information content (AvgIpc) is 2.31. The number of piperidine rings is 1. The van der Waals surface area contributed by atoms with Gasteiger partial charge in [-0.15, -0.1) is 24.0 Å². The van der Waals surface area contributed by atoms with Crippen molar-refractivity contribution in [2.75, 3.05) is 33.7 Å². The monoisotopic (exact) mass is 354 g/mol. The van der Waals surface area contributed by atoms with Gasteiger partial charge in [0.15, 0.2) is 5.96 Å². The fraction of sp³-hybridized carbons (Fsp3) is 0.917. The Morgan fingerprint density at radius 3 is 2.76 bits per heavy atom. The van der Waals surface area contributed by atoms with Crippen molar-refractivity contribution in [1.82, 2.24) is 15.5 Å². The number of nitrogens with zero attached hydrogens (tertiary/aromatic N) is 2. The zero-order chi connectivity index (χ0) is 11.8. The molecule has 1 atom stereocenters. The molecule has 1 rings (SSSR count). The van der Waals surface area contributed by atoms with Crippen molar-refractivity contribution in [3.63, 3.8) is 0 Å². The summed E-state index contributed by atoms with van der Waals surface area (Å²) >= 11 is 0. The second kappa shape index (κ2) is 9.94. The molecule has 1 unspecified atom stereocenters. The van der Waals surface area contributed by atoms with Gasteiger partial charge in [-0.3, -0.25) is 4.99 Å². The van der Waals surface area contributed by atoms with Crippen molar-refractivity contribution >= 4 is 29.9 Å². The van der Waals surface area contributed by atoms with Gasteiger partial charge < -0.3 is 15.5 Å². The minimum absolute atomic E-state index is 0. The van der Waals surface area contributed by atoms with Crippen LogP contribution >= 0.6 is 24.0 Å². The summed E-state index contributed by atoms with van der Waals surface area (Å²) in [5.41, 5.74) is 0. The standard InChI is InChI=1S/C12H26N4.HI/c1-11-7-4-5-9-16(11)10-6-8-15-12(13-2)14-3;/h11H,4-10H2,1-3H3,(H2,13,14,15);1H. The van der Waals surface area contributed by atoms with Gasteiger partial charge in [0.2, 0.25) is 0 Å². The number of hydrogen-bond donors (Lipinski definition) is 2. The van der Waals surface area contributed by atoms with Gasteiger partial charge in [0, 0.05) is 33.2 Å². The van der Waals surface area contributed by atoms with Crippen LogP contribution in [0.4, 0.5) is 0 Å². The Balaban J connectivity index is 0.00000256. The van der Waals surface area contributed by atoms with Crippen LogP contribution in [-0.4, -0.2) is 50.6 Å². The number of hydrogen-bond acceptors (Lipinski definition) is 2. The number of guanidine groups is 1. The predicted octanol–water partition coefficient (Wildman–Crippen LogP) is 1.66. The van der Waals surface area contributed by atoms with Gasteiger partial charge in [0.1, 0.15) is 0 Å². The Morgan fingerprint density at radius 2 is 2.18 bits per heavy atom. The lowest BCUT2D eigenvalue weighted by molar-refractivity contribution is 0.159. The molecule has 17 heavy (non-hydrogen) atoms. The Bertz CT molecular complexity index is 221. The molecule has 1 aliphatic rings. The van der Waals surface area contributed by atoms with Crippen molar-refractivity contribution in [2.24, 2.45) is 4.99 Å². The number of likely N-dealkylation sites (tertiary alicyclic amines) is 1. The molecule has 102 valence electrons. The highest BCUT2D eigenvalue weighted by molar-refractivity contribution is 14.0. The van der Waals surface area contributed by atoms with E-state index in [0.29, 0.717) is 0 Å². The molecule has 1 heterocycles. The summed E-state index contributed by atoms with van der Waals surface area (Å²) in [5.74, 6) is 0.881. The van der Waals surface area contributed by atoms with Crippen LogP contribution in [0.3, 0.4) is 0 Å². The SMILES string of the molecule is CN=C(NC)NCCCN1CCCCC1C.I. The predicted molar refractivity (Wildman–Crippen MR) is 85.3 cm³/mol. The smallest absolute Gasteiger partial charge is 0.190 e. The summed E-state index contributed by atoms with van der Waals surface area (Å²) in [5, 5.41) is 6.31. The summed E-state index contributed by atoms with van der Waals surface area (Å²) in [6.07, 6.45) is 5.33. The van der Waals surface area contributed by atoms with Gasteiger partial charge in [0.25, 0.3) is 0 Å². The van der Waals surface area contributed by atoms with Crippen LogP contribution in [0.2, 0.25) is 0 Å². The summed E-state index contributed by atoms with van der Waals surface area (Å²) in [4.78, 5) is 6.69. The summed E-state index contributed by atoms with van der Waals surface area (Å²) in [6.45, 7) is 5.83. The van der Waals surface area contributed by atoms with Gasteiger partial charge in [-0.05, 0) is 32.7 Å². The van der Waals surface area contributed by atoms with Crippen LogP contribution in [0.1, 0.15) is 32.6 Å². The van der Waals surface area contributed by atoms with Crippen molar-refractivity contribution in [2.45, 2.75) is 38.6 Å². The zero-order valence-electron chi connectivity index (χ0n) is 11.3. The third-order valence-electron chi connectivity index (χ3n) is 3.32. The molecule has 1 saturated heterocycles. The lowest BCUT2D eigenvalue weighted by atomic mass is 10.0. The van der Waals surface area contributed by atoms with Crippen LogP contribution in [0.5, 0.6) is 0 Å². The summed E-state index contributed by atoms with van der Waals surface area (Å²) in [6, 6.07) is 0.775.